The van der Waals surface area contributed by atoms with Gasteiger partial charge < -0.3 is 0 Å². The molecular formula is C16H14N2O. The lowest BCUT2D eigenvalue weighted by molar-refractivity contribution is 0.850. The van der Waals surface area contributed by atoms with Crippen LogP contribution < -0.4 is 5.56 Å². The first-order valence-corrected chi connectivity index (χ1v) is 6.18. The molecule has 0 amide bonds. The van der Waals surface area contributed by atoms with Crippen LogP contribution in [-0.2, 0) is 0 Å². The Labute approximate surface area is 111 Å². The summed E-state index contributed by atoms with van der Waals surface area (Å²) in [4.78, 5) is 12.4. The van der Waals surface area contributed by atoms with Gasteiger partial charge in [0.2, 0.25) is 0 Å². The van der Waals surface area contributed by atoms with Crippen molar-refractivity contribution in [3.63, 3.8) is 0 Å². The molecule has 0 atom stereocenters. The van der Waals surface area contributed by atoms with Crippen molar-refractivity contribution < 1.29 is 0 Å². The number of hydrogen-bond acceptors (Lipinski definition) is 1. The van der Waals surface area contributed by atoms with Crippen LogP contribution in [0.4, 0.5) is 0 Å². The fourth-order valence-corrected chi connectivity index (χ4v) is 2.08. The topological polar surface area (TPSA) is 37.8 Å². The largest absolute Gasteiger partial charge is 0.298 e. The SMILES string of the molecule is Cc1ccc(-c2c[nH]n(-c3ccccc3)c2=O)cc1. The van der Waals surface area contributed by atoms with Crippen molar-refractivity contribution >= 4 is 0 Å². The van der Waals surface area contributed by atoms with E-state index in [1.165, 1.54) is 5.56 Å². The Bertz CT molecular complexity index is 736. The molecule has 0 saturated heterocycles. The molecule has 1 aromatic heterocycles. The van der Waals surface area contributed by atoms with E-state index in [9.17, 15) is 4.79 Å². The molecule has 0 radical (unpaired) electrons. The van der Waals surface area contributed by atoms with Crippen LogP contribution in [0.1, 0.15) is 5.56 Å². The highest BCUT2D eigenvalue weighted by Crippen LogP contribution is 2.16. The summed E-state index contributed by atoms with van der Waals surface area (Å²) in [5, 5.41) is 3.01. The molecule has 1 N–H and O–H groups in total. The summed E-state index contributed by atoms with van der Waals surface area (Å²) in [5.41, 5.74) is 3.61. The molecule has 19 heavy (non-hydrogen) atoms. The maximum atomic E-state index is 12.4. The van der Waals surface area contributed by atoms with E-state index < -0.39 is 0 Å². The Balaban J connectivity index is 2.09. The molecule has 0 saturated carbocycles. The average Bonchev–Trinajstić information content (AvgIpc) is 2.83. The highest BCUT2D eigenvalue weighted by Gasteiger charge is 2.09. The second-order valence-electron chi connectivity index (χ2n) is 4.53. The molecule has 1 heterocycles. The molecule has 3 aromatic rings. The summed E-state index contributed by atoms with van der Waals surface area (Å²) < 4.78 is 1.55. The van der Waals surface area contributed by atoms with Crippen LogP contribution in [0.3, 0.4) is 0 Å². The van der Waals surface area contributed by atoms with Crippen molar-refractivity contribution in [3.8, 4) is 16.8 Å². The second kappa shape index (κ2) is 4.61. The lowest BCUT2D eigenvalue weighted by Crippen LogP contribution is -2.15. The molecule has 0 unspecified atom stereocenters. The Hall–Kier alpha value is -2.55. The normalized spacial score (nSPS) is 10.6. The third-order valence-corrected chi connectivity index (χ3v) is 3.15. The standard InChI is InChI=1S/C16H14N2O/c1-12-7-9-13(10-8-12)15-11-17-18(16(15)19)14-5-3-2-4-6-14/h2-11,17H,1H3. The molecule has 94 valence electrons. The first-order valence-electron chi connectivity index (χ1n) is 6.18. The monoisotopic (exact) mass is 250 g/mol. The van der Waals surface area contributed by atoms with Gasteiger partial charge in [-0.05, 0) is 24.6 Å². The fourth-order valence-electron chi connectivity index (χ4n) is 2.08. The summed E-state index contributed by atoms with van der Waals surface area (Å²) in [7, 11) is 0. The Morgan fingerprint density at radius 3 is 2.32 bits per heavy atom. The fraction of sp³-hybridized carbons (Fsp3) is 0.0625. The Morgan fingerprint density at radius 1 is 0.947 bits per heavy atom. The van der Waals surface area contributed by atoms with E-state index in [4.69, 9.17) is 0 Å². The summed E-state index contributed by atoms with van der Waals surface area (Å²) >= 11 is 0. The van der Waals surface area contributed by atoms with Crippen molar-refractivity contribution in [2.45, 2.75) is 6.92 Å². The van der Waals surface area contributed by atoms with Gasteiger partial charge in [0.1, 0.15) is 0 Å². The van der Waals surface area contributed by atoms with Gasteiger partial charge in [0, 0.05) is 6.20 Å². The highest BCUT2D eigenvalue weighted by atomic mass is 16.1. The van der Waals surface area contributed by atoms with E-state index in [0.717, 1.165) is 11.3 Å². The number of para-hydroxylation sites is 1. The van der Waals surface area contributed by atoms with Gasteiger partial charge in [-0.25, -0.2) is 4.68 Å². The quantitative estimate of drug-likeness (QED) is 0.745. The van der Waals surface area contributed by atoms with E-state index in [0.29, 0.717) is 5.56 Å². The molecule has 3 rings (SSSR count). The Morgan fingerprint density at radius 2 is 1.63 bits per heavy atom. The number of rotatable bonds is 2. The van der Waals surface area contributed by atoms with Gasteiger partial charge in [0.25, 0.3) is 5.56 Å². The number of hydrogen-bond donors (Lipinski definition) is 1. The van der Waals surface area contributed by atoms with Crippen LogP contribution in [0.5, 0.6) is 0 Å². The van der Waals surface area contributed by atoms with Crippen LogP contribution in [0.15, 0.2) is 65.6 Å². The first kappa shape index (κ1) is 11.5. The third-order valence-electron chi connectivity index (χ3n) is 3.15. The van der Waals surface area contributed by atoms with Gasteiger partial charge >= 0.3 is 0 Å². The van der Waals surface area contributed by atoms with Crippen LogP contribution in [0.2, 0.25) is 0 Å². The summed E-state index contributed by atoms with van der Waals surface area (Å²) in [6.07, 6.45) is 1.75. The third kappa shape index (κ3) is 2.10. The molecule has 2 aromatic carbocycles. The van der Waals surface area contributed by atoms with E-state index in [-0.39, 0.29) is 5.56 Å². The minimum atomic E-state index is -0.0324. The van der Waals surface area contributed by atoms with Crippen molar-refractivity contribution in [1.82, 2.24) is 9.78 Å². The first-order chi connectivity index (χ1) is 9.25. The number of nitrogens with one attached hydrogen (secondary N) is 1. The second-order valence-corrected chi connectivity index (χ2v) is 4.53. The van der Waals surface area contributed by atoms with E-state index in [2.05, 4.69) is 5.10 Å². The molecule has 0 aliphatic carbocycles. The number of aryl methyl sites for hydroxylation is 1. The van der Waals surface area contributed by atoms with Crippen LogP contribution >= 0.6 is 0 Å². The molecule has 0 aliphatic heterocycles. The zero-order valence-electron chi connectivity index (χ0n) is 10.6. The van der Waals surface area contributed by atoms with Gasteiger partial charge in [-0.3, -0.25) is 9.89 Å². The van der Waals surface area contributed by atoms with Gasteiger partial charge in [0.15, 0.2) is 0 Å². The van der Waals surface area contributed by atoms with Gasteiger partial charge in [-0.15, -0.1) is 0 Å². The van der Waals surface area contributed by atoms with Crippen molar-refractivity contribution in [2.24, 2.45) is 0 Å². The average molecular weight is 250 g/mol. The number of H-pyrrole nitrogens is 1. The molecule has 0 aliphatic rings. The number of benzene rings is 2. The summed E-state index contributed by atoms with van der Waals surface area (Å²) in [5.74, 6) is 0. The smallest absolute Gasteiger partial charge is 0.279 e. The van der Waals surface area contributed by atoms with Crippen molar-refractivity contribution in [3.05, 3.63) is 76.7 Å². The maximum Gasteiger partial charge on any atom is 0.279 e. The Kier molecular flexibility index (Phi) is 2.80. The van der Waals surface area contributed by atoms with Crippen molar-refractivity contribution in [1.29, 1.82) is 0 Å². The molecular weight excluding hydrogens is 236 g/mol. The molecule has 3 nitrogen and oxygen atoms in total. The van der Waals surface area contributed by atoms with E-state index in [1.54, 1.807) is 10.9 Å². The highest BCUT2D eigenvalue weighted by molar-refractivity contribution is 5.62. The number of aromatic amines is 1. The summed E-state index contributed by atoms with van der Waals surface area (Å²) in [6.45, 7) is 2.03. The lowest BCUT2D eigenvalue weighted by Gasteiger charge is -2.00. The zero-order chi connectivity index (χ0) is 13.2. The van der Waals surface area contributed by atoms with Crippen molar-refractivity contribution in [2.75, 3.05) is 0 Å². The van der Waals surface area contributed by atoms with E-state index in [1.807, 2.05) is 61.5 Å². The molecule has 0 spiro atoms. The predicted octanol–water partition coefficient (Wildman–Crippen LogP) is 3.14. The zero-order valence-corrected chi connectivity index (χ0v) is 10.6. The molecule has 3 heteroatoms. The maximum absolute atomic E-state index is 12.4. The number of nitrogens with zero attached hydrogens (tertiary/aromatic N) is 1. The predicted molar refractivity (Wildman–Crippen MR) is 76.6 cm³/mol. The summed E-state index contributed by atoms with van der Waals surface area (Å²) in [6, 6.07) is 17.5. The number of aromatic nitrogens is 2. The molecule has 0 fully saturated rings. The van der Waals surface area contributed by atoms with Gasteiger partial charge in [0.05, 0.1) is 11.3 Å². The molecule has 0 bridgehead atoms. The van der Waals surface area contributed by atoms with Crippen LogP contribution in [-0.4, -0.2) is 9.78 Å². The lowest BCUT2D eigenvalue weighted by atomic mass is 10.1. The van der Waals surface area contributed by atoms with Gasteiger partial charge in [-0.2, -0.15) is 0 Å². The minimum Gasteiger partial charge on any atom is -0.298 e. The van der Waals surface area contributed by atoms with E-state index >= 15 is 0 Å². The van der Waals surface area contributed by atoms with Gasteiger partial charge in [-0.1, -0.05) is 48.0 Å². The minimum absolute atomic E-state index is 0.0324. The van der Waals surface area contributed by atoms with Crippen LogP contribution in [0, 0.1) is 6.92 Å². The van der Waals surface area contributed by atoms with Crippen LogP contribution in [0.25, 0.3) is 16.8 Å².